The third-order valence-corrected chi connectivity index (χ3v) is 3.04. The van der Waals surface area contributed by atoms with E-state index < -0.39 is 5.54 Å². The normalized spacial score (nSPS) is 21.9. The van der Waals surface area contributed by atoms with Crippen molar-refractivity contribution in [3.05, 3.63) is 29.8 Å². The van der Waals surface area contributed by atoms with Gasteiger partial charge in [0.05, 0.1) is 13.2 Å². The molecular formula is C15H21NO3. The first-order valence-electron chi connectivity index (χ1n) is 6.69. The molecule has 2 rings (SSSR count). The van der Waals surface area contributed by atoms with Crippen LogP contribution in [0.5, 0.6) is 5.75 Å². The Morgan fingerprint density at radius 1 is 1.37 bits per heavy atom. The first kappa shape index (κ1) is 13.9. The van der Waals surface area contributed by atoms with Gasteiger partial charge < -0.3 is 14.6 Å². The van der Waals surface area contributed by atoms with Crippen molar-refractivity contribution >= 4 is 5.90 Å². The number of benzene rings is 1. The van der Waals surface area contributed by atoms with Crippen LogP contribution in [-0.4, -0.2) is 36.4 Å². The molecule has 1 aromatic rings. The number of hydrogen-bond donors (Lipinski definition) is 1. The topological polar surface area (TPSA) is 51.0 Å². The molecule has 1 N–H and O–H groups in total. The molecule has 19 heavy (non-hydrogen) atoms. The highest BCUT2D eigenvalue weighted by Gasteiger charge is 2.30. The molecule has 4 heteroatoms. The second-order valence-electron chi connectivity index (χ2n) is 5.12. The molecule has 0 aliphatic carbocycles. The number of aliphatic hydroxyl groups excluding tert-OH is 1. The minimum atomic E-state index is -0.473. The van der Waals surface area contributed by atoms with E-state index in [1.54, 1.807) is 0 Å². The Morgan fingerprint density at radius 3 is 2.68 bits per heavy atom. The van der Waals surface area contributed by atoms with Crippen LogP contribution in [0.3, 0.4) is 0 Å². The molecule has 1 atom stereocenters. The summed E-state index contributed by atoms with van der Waals surface area (Å²) in [5, 5.41) is 9.22. The zero-order valence-corrected chi connectivity index (χ0v) is 11.6. The summed E-state index contributed by atoms with van der Waals surface area (Å²) in [6, 6.07) is 7.97. The van der Waals surface area contributed by atoms with Crippen molar-refractivity contribution < 1.29 is 14.6 Å². The van der Waals surface area contributed by atoms with E-state index in [1.165, 1.54) is 0 Å². The minimum Gasteiger partial charge on any atom is -0.494 e. The average Bonchev–Trinajstić information content (AvgIpc) is 2.80. The summed E-state index contributed by atoms with van der Waals surface area (Å²) in [5.74, 6) is 1.58. The van der Waals surface area contributed by atoms with Crippen LogP contribution in [0, 0.1) is 0 Å². The Hall–Kier alpha value is -1.55. The van der Waals surface area contributed by atoms with Gasteiger partial charge in [-0.2, -0.15) is 0 Å². The van der Waals surface area contributed by atoms with E-state index in [0.717, 1.165) is 24.3 Å². The summed E-state index contributed by atoms with van der Waals surface area (Å²) in [7, 11) is 0. The van der Waals surface area contributed by atoms with E-state index >= 15 is 0 Å². The number of hydrogen-bond acceptors (Lipinski definition) is 4. The van der Waals surface area contributed by atoms with Gasteiger partial charge in [0.2, 0.25) is 0 Å². The van der Waals surface area contributed by atoms with Gasteiger partial charge in [-0.1, -0.05) is 19.1 Å². The first-order valence-corrected chi connectivity index (χ1v) is 6.69. The fourth-order valence-corrected chi connectivity index (χ4v) is 1.87. The molecular weight excluding hydrogens is 242 g/mol. The lowest BCUT2D eigenvalue weighted by molar-refractivity contribution is 0.169. The molecule has 1 heterocycles. The highest BCUT2D eigenvalue weighted by molar-refractivity contribution is 5.80. The Morgan fingerprint density at radius 2 is 2.11 bits per heavy atom. The summed E-state index contributed by atoms with van der Waals surface area (Å²) in [5.41, 5.74) is 0.657. The lowest BCUT2D eigenvalue weighted by Crippen LogP contribution is -2.28. The zero-order chi connectivity index (χ0) is 13.7. The smallest absolute Gasteiger partial charge is 0.188 e. The Bertz CT molecular complexity index is 441. The number of rotatable bonds is 6. The fraction of sp³-hybridized carbons (Fsp3) is 0.533. The molecule has 0 saturated carbocycles. The summed E-state index contributed by atoms with van der Waals surface area (Å²) < 4.78 is 11.1. The van der Waals surface area contributed by atoms with E-state index in [9.17, 15) is 5.11 Å². The second-order valence-corrected chi connectivity index (χ2v) is 5.12. The predicted octanol–water partition coefficient (Wildman–Crippen LogP) is 2.20. The van der Waals surface area contributed by atoms with E-state index in [-0.39, 0.29) is 6.61 Å². The maximum absolute atomic E-state index is 9.22. The molecule has 0 radical (unpaired) electrons. The summed E-state index contributed by atoms with van der Waals surface area (Å²) >= 11 is 0. The van der Waals surface area contributed by atoms with Gasteiger partial charge in [-0.15, -0.1) is 0 Å². The Balaban J connectivity index is 1.95. The number of ether oxygens (including phenoxy) is 2. The molecule has 0 unspecified atom stereocenters. The lowest BCUT2D eigenvalue weighted by Gasteiger charge is -2.12. The SMILES string of the molecule is CCCOc1ccc(CC2=N[C@@](C)(CO)CO2)cc1. The summed E-state index contributed by atoms with van der Waals surface area (Å²) in [6.07, 6.45) is 1.66. The maximum Gasteiger partial charge on any atom is 0.188 e. The molecule has 0 fully saturated rings. The third-order valence-electron chi connectivity index (χ3n) is 3.04. The van der Waals surface area contributed by atoms with Crippen LogP contribution in [0.4, 0.5) is 0 Å². The van der Waals surface area contributed by atoms with Gasteiger partial charge in [0.15, 0.2) is 5.90 Å². The van der Waals surface area contributed by atoms with Crippen molar-refractivity contribution in [1.82, 2.24) is 0 Å². The fourth-order valence-electron chi connectivity index (χ4n) is 1.87. The summed E-state index contributed by atoms with van der Waals surface area (Å²) in [4.78, 5) is 4.42. The monoisotopic (exact) mass is 263 g/mol. The van der Waals surface area contributed by atoms with E-state index in [1.807, 2.05) is 31.2 Å². The van der Waals surface area contributed by atoms with Crippen LogP contribution >= 0.6 is 0 Å². The van der Waals surface area contributed by atoms with E-state index in [2.05, 4.69) is 11.9 Å². The highest BCUT2D eigenvalue weighted by Crippen LogP contribution is 2.20. The van der Waals surface area contributed by atoms with Crippen molar-refractivity contribution in [2.24, 2.45) is 4.99 Å². The van der Waals surface area contributed by atoms with Crippen LogP contribution in [0.2, 0.25) is 0 Å². The molecule has 0 aromatic heterocycles. The lowest BCUT2D eigenvalue weighted by atomic mass is 10.1. The average molecular weight is 263 g/mol. The van der Waals surface area contributed by atoms with Crippen molar-refractivity contribution in [1.29, 1.82) is 0 Å². The quantitative estimate of drug-likeness (QED) is 0.856. The van der Waals surface area contributed by atoms with Crippen LogP contribution < -0.4 is 4.74 Å². The molecule has 1 aromatic carbocycles. The van der Waals surface area contributed by atoms with Crippen molar-refractivity contribution in [2.45, 2.75) is 32.2 Å². The molecule has 0 amide bonds. The van der Waals surface area contributed by atoms with E-state index in [4.69, 9.17) is 9.47 Å². The van der Waals surface area contributed by atoms with Gasteiger partial charge in [-0.3, -0.25) is 0 Å². The van der Waals surface area contributed by atoms with Crippen LogP contribution in [0.15, 0.2) is 29.3 Å². The molecule has 0 saturated heterocycles. The van der Waals surface area contributed by atoms with E-state index in [0.29, 0.717) is 18.9 Å². The van der Waals surface area contributed by atoms with Crippen LogP contribution in [0.25, 0.3) is 0 Å². The van der Waals surface area contributed by atoms with Crippen molar-refractivity contribution in [3.8, 4) is 5.75 Å². The van der Waals surface area contributed by atoms with Gasteiger partial charge in [-0.05, 0) is 31.0 Å². The standard InChI is InChI=1S/C15H21NO3/c1-3-8-18-13-6-4-12(5-7-13)9-14-16-15(2,10-17)11-19-14/h4-7,17H,3,8-11H2,1-2H3/t15-/m0/s1. The Kier molecular flexibility index (Phi) is 4.43. The highest BCUT2D eigenvalue weighted by atomic mass is 16.5. The Labute approximate surface area is 114 Å². The molecule has 0 bridgehead atoms. The predicted molar refractivity (Wildman–Crippen MR) is 74.8 cm³/mol. The van der Waals surface area contributed by atoms with Crippen LogP contribution in [0.1, 0.15) is 25.8 Å². The van der Waals surface area contributed by atoms with Gasteiger partial charge in [-0.25, -0.2) is 4.99 Å². The second kappa shape index (κ2) is 6.06. The third kappa shape index (κ3) is 3.70. The molecule has 0 spiro atoms. The van der Waals surface area contributed by atoms with Gasteiger partial charge >= 0.3 is 0 Å². The van der Waals surface area contributed by atoms with Gasteiger partial charge in [0, 0.05) is 6.42 Å². The van der Waals surface area contributed by atoms with Crippen molar-refractivity contribution in [3.63, 3.8) is 0 Å². The van der Waals surface area contributed by atoms with Gasteiger partial charge in [0.25, 0.3) is 0 Å². The van der Waals surface area contributed by atoms with Gasteiger partial charge in [0.1, 0.15) is 17.9 Å². The molecule has 104 valence electrons. The van der Waals surface area contributed by atoms with Crippen LogP contribution in [-0.2, 0) is 11.2 Å². The zero-order valence-electron chi connectivity index (χ0n) is 11.6. The minimum absolute atomic E-state index is 0.0142. The van der Waals surface area contributed by atoms with Crippen molar-refractivity contribution in [2.75, 3.05) is 19.8 Å². The molecule has 4 nitrogen and oxygen atoms in total. The molecule has 1 aliphatic heterocycles. The maximum atomic E-state index is 9.22. The first-order chi connectivity index (χ1) is 9.15. The number of aliphatic imine (C=N–C) groups is 1. The molecule has 1 aliphatic rings. The largest absolute Gasteiger partial charge is 0.494 e. The number of aliphatic hydroxyl groups is 1. The summed E-state index contributed by atoms with van der Waals surface area (Å²) in [6.45, 7) is 5.19. The number of nitrogens with zero attached hydrogens (tertiary/aromatic N) is 1.